The minimum Gasteiger partial charge on any atom is -0.490 e. The minimum atomic E-state index is -3.97. The topological polar surface area (TPSA) is 105 Å². The SMILES string of the molecule is CC[C@H]1[C@@H](C)C/C=C/[C@](CO)(OC)[C@@H]2CC[C@H]2CN2C[C@@]3(CCCc4cc(Cl)ccc43)COc3ccc(cc32)C(=O)NS1(=O)=O. The first-order valence-corrected chi connectivity index (χ1v) is 18.2. The zero-order valence-electron chi connectivity index (χ0n) is 26.4. The molecule has 2 heterocycles. The Labute approximate surface area is 272 Å². The zero-order chi connectivity index (χ0) is 32.0. The van der Waals surface area contributed by atoms with E-state index in [1.54, 1.807) is 25.3 Å². The highest BCUT2D eigenvalue weighted by atomic mass is 35.5. The van der Waals surface area contributed by atoms with Crippen LogP contribution in [0.5, 0.6) is 5.75 Å². The molecule has 1 saturated carbocycles. The molecule has 0 saturated heterocycles. The molecule has 2 aliphatic carbocycles. The number of benzene rings is 2. The minimum absolute atomic E-state index is 0.0742. The van der Waals surface area contributed by atoms with E-state index in [0.29, 0.717) is 38.3 Å². The molecule has 2 aliphatic heterocycles. The summed E-state index contributed by atoms with van der Waals surface area (Å²) in [5.74, 6) is 0.0809. The van der Waals surface area contributed by atoms with Crippen molar-refractivity contribution in [2.75, 3.05) is 38.3 Å². The lowest BCUT2D eigenvalue weighted by atomic mass is 9.64. The zero-order valence-corrected chi connectivity index (χ0v) is 28.0. The molecule has 2 N–H and O–H groups in total. The number of hydrogen-bond donors (Lipinski definition) is 2. The van der Waals surface area contributed by atoms with Crippen molar-refractivity contribution in [1.29, 1.82) is 0 Å². The van der Waals surface area contributed by atoms with Gasteiger partial charge in [0.1, 0.15) is 11.4 Å². The van der Waals surface area contributed by atoms with Gasteiger partial charge in [0.05, 0.1) is 24.2 Å². The lowest BCUT2D eigenvalue weighted by Gasteiger charge is -2.50. The smallest absolute Gasteiger partial charge is 0.264 e. The number of sulfonamides is 1. The third-order valence-corrected chi connectivity index (χ3v) is 13.3. The Morgan fingerprint density at radius 1 is 1.20 bits per heavy atom. The van der Waals surface area contributed by atoms with Gasteiger partial charge in [-0.3, -0.25) is 4.79 Å². The van der Waals surface area contributed by atoms with Crippen molar-refractivity contribution in [1.82, 2.24) is 4.72 Å². The molecule has 6 rings (SSSR count). The molecule has 1 amide bonds. The lowest BCUT2D eigenvalue weighted by Crippen LogP contribution is -2.54. The van der Waals surface area contributed by atoms with Crippen LogP contribution < -0.4 is 14.4 Å². The molecule has 244 valence electrons. The van der Waals surface area contributed by atoms with Gasteiger partial charge in [-0.25, -0.2) is 13.1 Å². The van der Waals surface area contributed by atoms with E-state index in [2.05, 4.69) is 21.8 Å². The molecule has 1 fully saturated rings. The number of fused-ring (bicyclic) bond motifs is 4. The third kappa shape index (κ3) is 5.90. The van der Waals surface area contributed by atoms with E-state index in [0.717, 1.165) is 42.8 Å². The van der Waals surface area contributed by atoms with Gasteiger partial charge in [-0.1, -0.05) is 43.7 Å². The number of amides is 1. The number of methoxy groups -OCH3 is 1. The number of carbonyl (C=O) groups excluding carboxylic acids is 1. The molecular formula is C35H45ClN2O6S. The Balaban J connectivity index is 1.46. The monoisotopic (exact) mass is 656 g/mol. The summed E-state index contributed by atoms with van der Waals surface area (Å²) in [5.41, 5.74) is 2.39. The highest BCUT2D eigenvalue weighted by molar-refractivity contribution is 7.90. The van der Waals surface area contributed by atoms with Crippen molar-refractivity contribution in [2.24, 2.45) is 17.8 Å². The number of halogens is 1. The fraction of sp³-hybridized carbons (Fsp3) is 0.571. The molecule has 0 unspecified atom stereocenters. The number of anilines is 1. The molecule has 45 heavy (non-hydrogen) atoms. The Hall–Kier alpha value is -2.59. The maximum Gasteiger partial charge on any atom is 0.264 e. The van der Waals surface area contributed by atoms with Gasteiger partial charge in [0.25, 0.3) is 5.91 Å². The first-order chi connectivity index (χ1) is 21.5. The highest BCUT2D eigenvalue weighted by Gasteiger charge is 2.49. The number of nitrogens with one attached hydrogen (secondary N) is 1. The molecule has 1 spiro atoms. The quantitative estimate of drug-likeness (QED) is 0.412. The van der Waals surface area contributed by atoms with E-state index >= 15 is 0 Å². The predicted molar refractivity (Wildman–Crippen MR) is 177 cm³/mol. The van der Waals surface area contributed by atoms with Crippen LogP contribution in [0.3, 0.4) is 0 Å². The standard InChI is InChI=1S/C35H45ClN2O6S/c1-4-32-23(2)7-5-16-35(21-39,43-3)29-12-9-26(29)19-38-20-34(15-6-8-24-17-27(36)11-13-28(24)34)22-44-31-14-10-25(18-30(31)38)33(40)37-45(32,41)42/h5,10-11,13-14,16-18,23,26,29,32,39H,4,6-9,12,15,19-22H2,1-3H3,(H,37,40)/b16-5+/t23-,26-,29+,32-,34-,35+/m0/s1. The van der Waals surface area contributed by atoms with E-state index < -0.39 is 26.8 Å². The number of nitrogens with zero attached hydrogens (tertiary/aromatic N) is 1. The van der Waals surface area contributed by atoms with Crippen molar-refractivity contribution in [2.45, 2.75) is 75.1 Å². The number of aryl methyl sites for hydroxylation is 1. The van der Waals surface area contributed by atoms with Crippen LogP contribution >= 0.6 is 11.6 Å². The van der Waals surface area contributed by atoms with Crippen LogP contribution in [0.15, 0.2) is 48.6 Å². The van der Waals surface area contributed by atoms with Crippen LogP contribution in [0.1, 0.15) is 73.9 Å². The van der Waals surface area contributed by atoms with Gasteiger partial charge < -0.3 is 19.5 Å². The van der Waals surface area contributed by atoms with Crippen LogP contribution in [0.4, 0.5) is 5.69 Å². The maximum atomic E-state index is 13.5. The van der Waals surface area contributed by atoms with Gasteiger partial charge in [-0.15, -0.1) is 0 Å². The fourth-order valence-electron chi connectivity index (χ4n) is 8.37. The summed E-state index contributed by atoms with van der Waals surface area (Å²) in [4.78, 5) is 15.9. The maximum absolute atomic E-state index is 13.5. The predicted octanol–water partition coefficient (Wildman–Crippen LogP) is 5.65. The summed E-state index contributed by atoms with van der Waals surface area (Å²) in [5, 5.41) is 10.7. The number of aliphatic hydroxyl groups is 1. The second kappa shape index (κ2) is 12.5. The highest BCUT2D eigenvalue weighted by Crippen LogP contribution is 2.49. The van der Waals surface area contributed by atoms with Crippen molar-refractivity contribution < 1.29 is 27.8 Å². The van der Waals surface area contributed by atoms with Gasteiger partial charge in [-0.2, -0.15) is 0 Å². The molecule has 4 aliphatic rings. The van der Waals surface area contributed by atoms with E-state index in [1.165, 1.54) is 11.1 Å². The molecule has 2 aromatic rings. The molecule has 0 aromatic heterocycles. The second-order valence-electron chi connectivity index (χ2n) is 13.6. The first-order valence-electron chi connectivity index (χ1n) is 16.2. The third-order valence-electron chi connectivity index (χ3n) is 11.0. The van der Waals surface area contributed by atoms with Gasteiger partial charge in [0.2, 0.25) is 10.0 Å². The number of carbonyl (C=O) groups is 1. The van der Waals surface area contributed by atoms with E-state index in [4.69, 9.17) is 21.1 Å². The summed E-state index contributed by atoms with van der Waals surface area (Å²) >= 11 is 6.42. The molecule has 6 atom stereocenters. The van der Waals surface area contributed by atoms with Gasteiger partial charge in [0, 0.05) is 36.2 Å². The summed E-state index contributed by atoms with van der Waals surface area (Å²) in [7, 11) is -2.32. The number of ether oxygens (including phenoxy) is 2. The average Bonchev–Trinajstić information content (AvgIpc) is 3.15. The largest absolute Gasteiger partial charge is 0.490 e. The summed E-state index contributed by atoms with van der Waals surface area (Å²) in [6.45, 7) is 5.38. The van der Waals surface area contributed by atoms with E-state index in [-0.39, 0.29) is 35.3 Å². The summed E-state index contributed by atoms with van der Waals surface area (Å²) < 4.78 is 42.1. The van der Waals surface area contributed by atoms with Crippen LogP contribution in [-0.4, -0.2) is 63.7 Å². The Bertz CT molecular complexity index is 1570. The molecule has 2 bridgehead atoms. The lowest BCUT2D eigenvalue weighted by molar-refractivity contribution is -0.103. The summed E-state index contributed by atoms with van der Waals surface area (Å²) in [6.07, 6.45) is 9.56. The average molecular weight is 657 g/mol. The number of hydrogen-bond acceptors (Lipinski definition) is 7. The molecule has 8 nitrogen and oxygen atoms in total. The van der Waals surface area contributed by atoms with Crippen LogP contribution in [0.2, 0.25) is 5.02 Å². The van der Waals surface area contributed by atoms with E-state index in [1.807, 2.05) is 32.1 Å². The number of rotatable bonds is 3. The van der Waals surface area contributed by atoms with Gasteiger partial charge >= 0.3 is 0 Å². The van der Waals surface area contributed by atoms with Gasteiger partial charge in [0.15, 0.2) is 0 Å². The van der Waals surface area contributed by atoms with E-state index in [9.17, 15) is 18.3 Å². The molecule has 0 radical (unpaired) electrons. The van der Waals surface area contributed by atoms with Crippen LogP contribution in [-0.2, 0) is 26.6 Å². The second-order valence-corrected chi connectivity index (χ2v) is 15.9. The van der Waals surface area contributed by atoms with Crippen LogP contribution in [0.25, 0.3) is 0 Å². The number of aliphatic hydroxyl groups excluding tert-OH is 1. The van der Waals surface area contributed by atoms with Gasteiger partial charge in [-0.05, 0) is 104 Å². The van der Waals surface area contributed by atoms with Crippen molar-refractivity contribution >= 4 is 33.2 Å². The summed E-state index contributed by atoms with van der Waals surface area (Å²) in [6, 6.07) is 11.4. The molecule has 2 aromatic carbocycles. The Morgan fingerprint density at radius 2 is 2.02 bits per heavy atom. The van der Waals surface area contributed by atoms with Crippen molar-refractivity contribution in [3.8, 4) is 5.75 Å². The number of allylic oxidation sites excluding steroid dienone is 1. The fourth-order valence-corrected chi connectivity index (χ4v) is 10.3. The molecule has 10 heteroatoms. The first kappa shape index (κ1) is 32.4. The Kier molecular flexibility index (Phi) is 9.02. The normalized spacial score (nSPS) is 33.5. The van der Waals surface area contributed by atoms with Crippen LogP contribution in [0, 0.1) is 17.8 Å². The van der Waals surface area contributed by atoms with Crippen molar-refractivity contribution in [3.05, 3.63) is 70.3 Å². The Morgan fingerprint density at radius 3 is 2.73 bits per heavy atom. The molecular weight excluding hydrogens is 612 g/mol. The van der Waals surface area contributed by atoms with Crippen molar-refractivity contribution in [3.63, 3.8) is 0 Å².